The van der Waals surface area contributed by atoms with Crippen molar-refractivity contribution in [2.24, 2.45) is 0 Å². The number of aromatic nitrogens is 2. The Morgan fingerprint density at radius 2 is 1.90 bits per heavy atom. The zero-order valence-electron chi connectivity index (χ0n) is 20.8. The molecule has 3 aromatic carbocycles. The van der Waals surface area contributed by atoms with Crippen molar-refractivity contribution in [3.05, 3.63) is 89.9 Å². The Balaban J connectivity index is 1.33. The van der Waals surface area contributed by atoms with Crippen LogP contribution in [0.4, 0.5) is 11.4 Å². The number of benzene rings is 3. The SMILES string of the molecule is COc1cccc2c(O)cc3c(c12)[C@H](CCl)CN3C(=O)c1cn2cc(NC(=O)c3ccc(O)cc3)ccc2n1. The fourth-order valence-corrected chi connectivity index (χ4v) is 5.35. The highest BCUT2D eigenvalue weighted by Gasteiger charge is 2.36. The molecule has 0 unspecified atom stereocenters. The zero-order chi connectivity index (χ0) is 27.3. The summed E-state index contributed by atoms with van der Waals surface area (Å²) < 4.78 is 7.24. The third kappa shape index (κ3) is 4.17. The molecule has 196 valence electrons. The summed E-state index contributed by atoms with van der Waals surface area (Å²) in [5.74, 6) is 0.153. The van der Waals surface area contributed by atoms with E-state index in [4.69, 9.17) is 16.3 Å². The van der Waals surface area contributed by atoms with Gasteiger partial charge < -0.3 is 29.6 Å². The molecule has 3 heterocycles. The standard InChI is InChI=1S/C29H23ClN4O5/c1-39-24-4-2-3-20-23(36)11-22-26(27(20)24)17(12-30)13-34(22)29(38)21-15-33-14-18(7-10-25(33)32-21)31-28(37)16-5-8-19(35)9-6-16/h2-11,14-15,17,35-36H,12-13H2,1H3,(H,31,37)/t17-/m1/s1. The van der Waals surface area contributed by atoms with E-state index in [0.29, 0.717) is 40.3 Å². The lowest BCUT2D eigenvalue weighted by Crippen LogP contribution is -2.30. The number of phenolic OH excluding ortho intramolecular Hbond substituents is 2. The number of halogens is 1. The number of fused-ring (bicyclic) bond motifs is 4. The minimum Gasteiger partial charge on any atom is -0.508 e. The number of carbonyl (C=O) groups excluding carboxylic acids is 2. The van der Waals surface area contributed by atoms with Crippen molar-refractivity contribution in [2.45, 2.75) is 5.92 Å². The van der Waals surface area contributed by atoms with Crippen molar-refractivity contribution in [1.29, 1.82) is 0 Å². The molecule has 1 aliphatic heterocycles. The fraction of sp³-hybridized carbons (Fsp3) is 0.138. The van der Waals surface area contributed by atoms with Gasteiger partial charge in [-0.15, -0.1) is 11.6 Å². The lowest BCUT2D eigenvalue weighted by molar-refractivity contribution is 0.0982. The Hall–Kier alpha value is -4.76. The average molecular weight is 543 g/mol. The second-order valence-corrected chi connectivity index (χ2v) is 9.60. The van der Waals surface area contributed by atoms with Gasteiger partial charge in [-0.2, -0.15) is 0 Å². The number of aromatic hydroxyl groups is 2. The highest BCUT2D eigenvalue weighted by Crippen LogP contribution is 2.48. The van der Waals surface area contributed by atoms with Gasteiger partial charge in [0.15, 0.2) is 0 Å². The first-order valence-electron chi connectivity index (χ1n) is 12.2. The Kier molecular flexibility index (Phi) is 6.00. The summed E-state index contributed by atoms with van der Waals surface area (Å²) in [5.41, 5.74) is 3.05. The molecule has 0 bridgehead atoms. The molecule has 0 saturated carbocycles. The number of nitrogens with one attached hydrogen (secondary N) is 1. The van der Waals surface area contributed by atoms with Crippen molar-refractivity contribution in [1.82, 2.24) is 9.38 Å². The summed E-state index contributed by atoms with van der Waals surface area (Å²) in [6.45, 7) is 0.329. The summed E-state index contributed by atoms with van der Waals surface area (Å²) >= 11 is 6.35. The van der Waals surface area contributed by atoms with Gasteiger partial charge in [-0.1, -0.05) is 12.1 Å². The largest absolute Gasteiger partial charge is 0.508 e. The van der Waals surface area contributed by atoms with Gasteiger partial charge in [0.25, 0.3) is 11.8 Å². The minimum atomic E-state index is -0.339. The molecule has 3 N–H and O–H groups in total. The molecule has 9 nitrogen and oxygen atoms in total. The van der Waals surface area contributed by atoms with E-state index < -0.39 is 0 Å². The number of methoxy groups -OCH3 is 1. The number of phenols is 2. The Bertz CT molecular complexity index is 1770. The maximum atomic E-state index is 13.7. The van der Waals surface area contributed by atoms with Gasteiger partial charge in [0, 0.05) is 53.1 Å². The van der Waals surface area contributed by atoms with Gasteiger partial charge in [-0.25, -0.2) is 4.98 Å². The normalized spacial score (nSPS) is 14.5. The maximum absolute atomic E-state index is 13.7. The first-order chi connectivity index (χ1) is 18.9. The van der Waals surface area contributed by atoms with E-state index in [9.17, 15) is 19.8 Å². The molecule has 5 aromatic rings. The molecule has 1 aliphatic rings. The molecule has 1 atom stereocenters. The number of pyridine rings is 1. The highest BCUT2D eigenvalue weighted by molar-refractivity contribution is 6.19. The number of anilines is 2. The van der Waals surface area contributed by atoms with Crippen molar-refractivity contribution < 1.29 is 24.5 Å². The van der Waals surface area contributed by atoms with Gasteiger partial charge in [-0.05, 0) is 48.0 Å². The number of ether oxygens (including phenoxy) is 1. The van der Waals surface area contributed by atoms with E-state index in [2.05, 4.69) is 10.3 Å². The highest BCUT2D eigenvalue weighted by atomic mass is 35.5. The number of rotatable bonds is 5. The summed E-state index contributed by atoms with van der Waals surface area (Å²) in [5, 5.41) is 24.4. The molecule has 10 heteroatoms. The summed E-state index contributed by atoms with van der Waals surface area (Å²) in [6, 6.07) is 16.3. The van der Waals surface area contributed by atoms with Crippen LogP contribution in [0.2, 0.25) is 0 Å². The monoisotopic (exact) mass is 542 g/mol. The second-order valence-electron chi connectivity index (χ2n) is 9.29. The quantitative estimate of drug-likeness (QED) is 0.265. The zero-order valence-corrected chi connectivity index (χ0v) is 21.5. The number of amides is 2. The summed E-state index contributed by atoms with van der Waals surface area (Å²) in [6.07, 6.45) is 3.27. The van der Waals surface area contributed by atoms with E-state index in [1.807, 2.05) is 12.1 Å². The molecule has 0 saturated heterocycles. The molecule has 2 amide bonds. The lowest BCUT2D eigenvalue weighted by atomic mass is 9.94. The van der Waals surface area contributed by atoms with Crippen molar-refractivity contribution in [2.75, 3.05) is 29.8 Å². The van der Waals surface area contributed by atoms with Crippen LogP contribution in [-0.2, 0) is 0 Å². The van der Waals surface area contributed by atoms with Crippen LogP contribution >= 0.6 is 11.6 Å². The Morgan fingerprint density at radius 3 is 2.64 bits per heavy atom. The number of alkyl halides is 1. The van der Waals surface area contributed by atoms with Crippen LogP contribution in [0, 0.1) is 0 Å². The van der Waals surface area contributed by atoms with E-state index in [0.717, 1.165) is 10.9 Å². The Labute approximate surface area is 227 Å². The van der Waals surface area contributed by atoms with Gasteiger partial charge >= 0.3 is 0 Å². The van der Waals surface area contributed by atoms with Crippen LogP contribution in [-0.4, -0.2) is 50.9 Å². The minimum absolute atomic E-state index is 0.0414. The van der Waals surface area contributed by atoms with Gasteiger partial charge in [-0.3, -0.25) is 9.59 Å². The van der Waals surface area contributed by atoms with E-state index in [-0.39, 0.29) is 40.8 Å². The summed E-state index contributed by atoms with van der Waals surface area (Å²) in [7, 11) is 1.57. The molecule has 39 heavy (non-hydrogen) atoms. The molecule has 0 aliphatic carbocycles. The van der Waals surface area contributed by atoms with Crippen LogP contribution in [0.15, 0.2) is 73.1 Å². The van der Waals surface area contributed by atoms with E-state index in [1.54, 1.807) is 53.1 Å². The topological polar surface area (TPSA) is 116 Å². The van der Waals surface area contributed by atoms with Crippen molar-refractivity contribution in [3.63, 3.8) is 0 Å². The molecule has 0 radical (unpaired) electrons. The first-order valence-corrected chi connectivity index (χ1v) is 12.7. The molecule has 6 rings (SSSR count). The van der Waals surface area contributed by atoms with Crippen LogP contribution in [0.5, 0.6) is 17.2 Å². The molecule has 2 aromatic heterocycles. The Morgan fingerprint density at radius 1 is 1.10 bits per heavy atom. The number of nitrogens with zero attached hydrogens (tertiary/aromatic N) is 3. The molecular formula is C29H23ClN4O5. The predicted molar refractivity (Wildman–Crippen MR) is 149 cm³/mol. The predicted octanol–water partition coefficient (Wildman–Crippen LogP) is 5.14. The molecule has 0 spiro atoms. The van der Waals surface area contributed by atoms with Gasteiger partial charge in [0.1, 0.15) is 28.6 Å². The average Bonchev–Trinajstić information content (AvgIpc) is 3.54. The van der Waals surface area contributed by atoms with Gasteiger partial charge in [0.05, 0.1) is 18.5 Å². The van der Waals surface area contributed by atoms with Crippen molar-refractivity contribution in [3.8, 4) is 17.2 Å². The third-order valence-electron chi connectivity index (χ3n) is 6.93. The number of hydrogen-bond donors (Lipinski definition) is 3. The first kappa shape index (κ1) is 24.6. The van der Waals surface area contributed by atoms with Crippen LogP contribution in [0.3, 0.4) is 0 Å². The smallest absolute Gasteiger partial charge is 0.278 e. The molecular weight excluding hydrogens is 520 g/mol. The third-order valence-corrected chi connectivity index (χ3v) is 7.30. The maximum Gasteiger partial charge on any atom is 0.278 e. The summed E-state index contributed by atoms with van der Waals surface area (Å²) in [4.78, 5) is 32.4. The number of imidazole rings is 1. The second kappa shape index (κ2) is 9.52. The van der Waals surface area contributed by atoms with Gasteiger partial charge in [0.2, 0.25) is 0 Å². The number of hydrogen-bond acceptors (Lipinski definition) is 6. The van der Waals surface area contributed by atoms with Crippen molar-refractivity contribution >= 4 is 51.2 Å². The molecule has 0 fully saturated rings. The lowest BCUT2D eigenvalue weighted by Gasteiger charge is -2.17. The van der Waals surface area contributed by atoms with Crippen LogP contribution in [0.25, 0.3) is 16.4 Å². The van der Waals surface area contributed by atoms with E-state index in [1.165, 1.54) is 24.3 Å². The number of carbonyl (C=O) groups is 2. The fourth-order valence-electron chi connectivity index (χ4n) is 5.09. The van der Waals surface area contributed by atoms with Crippen LogP contribution in [0.1, 0.15) is 32.3 Å². The van der Waals surface area contributed by atoms with Crippen LogP contribution < -0.4 is 15.0 Å². The van der Waals surface area contributed by atoms with E-state index >= 15 is 0 Å².